The van der Waals surface area contributed by atoms with Crippen molar-refractivity contribution < 1.29 is 17.9 Å². The van der Waals surface area contributed by atoms with Crippen LogP contribution in [0.3, 0.4) is 0 Å². The first-order valence-corrected chi connectivity index (χ1v) is 11.7. The number of sulfonamides is 1. The fourth-order valence-corrected chi connectivity index (χ4v) is 4.62. The average Bonchev–Trinajstić information content (AvgIpc) is 2.78. The van der Waals surface area contributed by atoms with Crippen molar-refractivity contribution in [3.05, 3.63) is 65.2 Å². The fourth-order valence-electron chi connectivity index (χ4n) is 3.52. The van der Waals surface area contributed by atoms with Crippen molar-refractivity contribution in [3.8, 4) is 0 Å². The highest BCUT2D eigenvalue weighted by Crippen LogP contribution is 2.24. The van der Waals surface area contributed by atoms with Gasteiger partial charge in [0.2, 0.25) is 10.0 Å². The van der Waals surface area contributed by atoms with Gasteiger partial charge in [0, 0.05) is 32.7 Å². The van der Waals surface area contributed by atoms with Gasteiger partial charge in [-0.2, -0.15) is 0 Å². The van der Waals surface area contributed by atoms with Crippen LogP contribution in [-0.4, -0.2) is 58.3 Å². The lowest BCUT2D eigenvalue weighted by Crippen LogP contribution is -2.42. The van der Waals surface area contributed by atoms with E-state index < -0.39 is 16.0 Å². The Labute approximate surface area is 178 Å². The Morgan fingerprint density at radius 3 is 2.50 bits per heavy atom. The van der Waals surface area contributed by atoms with Gasteiger partial charge in [0.05, 0.1) is 30.7 Å². The largest absolute Gasteiger partial charge is 0.465 e. The quantitative estimate of drug-likeness (QED) is 0.646. The van der Waals surface area contributed by atoms with Crippen molar-refractivity contribution >= 4 is 21.7 Å². The molecule has 7 nitrogen and oxygen atoms in total. The topological polar surface area (TPSA) is 79.0 Å². The summed E-state index contributed by atoms with van der Waals surface area (Å²) in [4.78, 5) is 14.2. The Balaban J connectivity index is 1.87. The zero-order chi connectivity index (χ0) is 21.6. The van der Waals surface area contributed by atoms with Gasteiger partial charge in [-0.15, -0.1) is 0 Å². The van der Waals surface area contributed by atoms with E-state index in [2.05, 4.69) is 10.2 Å². The number of rotatable bonds is 8. The Morgan fingerprint density at radius 1 is 1.10 bits per heavy atom. The molecule has 0 unspecified atom stereocenters. The van der Waals surface area contributed by atoms with Gasteiger partial charge in [0.25, 0.3) is 0 Å². The van der Waals surface area contributed by atoms with Crippen molar-refractivity contribution in [2.75, 3.05) is 43.3 Å². The normalized spacial score (nSPS) is 15.0. The van der Waals surface area contributed by atoms with Crippen LogP contribution in [-0.2, 0) is 27.8 Å². The molecule has 0 bridgehead atoms. The first-order chi connectivity index (χ1) is 14.4. The highest BCUT2D eigenvalue weighted by Gasteiger charge is 2.22. The molecular weight excluding hydrogens is 402 g/mol. The molecule has 162 valence electrons. The maximum Gasteiger partial charge on any atom is 0.337 e. The Kier molecular flexibility index (Phi) is 7.47. The number of nitrogens with zero attached hydrogens (tertiary/aromatic N) is 2. The van der Waals surface area contributed by atoms with Crippen molar-refractivity contribution in [1.29, 1.82) is 0 Å². The smallest absolute Gasteiger partial charge is 0.337 e. The van der Waals surface area contributed by atoms with E-state index in [1.54, 1.807) is 25.1 Å². The van der Waals surface area contributed by atoms with Crippen LogP contribution < -0.4 is 9.62 Å². The molecule has 2 aromatic carbocycles. The van der Waals surface area contributed by atoms with Crippen LogP contribution in [0.1, 0.15) is 28.4 Å². The third-order valence-corrected chi connectivity index (χ3v) is 6.93. The van der Waals surface area contributed by atoms with Gasteiger partial charge in [0.1, 0.15) is 0 Å². The Morgan fingerprint density at radius 2 is 1.80 bits per heavy atom. The lowest BCUT2D eigenvalue weighted by atomic mass is 10.1. The number of nitrogens with one attached hydrogen (secondary N) is 1. The van der Waals surface area contributed by atoms with Crippen LogP contribution in [0.2, 0.25) is 0 Å². The van der Waals surface area contributed by atoms with Crippen LogP contribution >= 0.6 is 0 Å². The number of benzene rings is 2. The molecular formula is C22H29N3O4S. The van der Waals surface area contributed by atoms with Gasteiger partial charge in [-0.05, 0) is 42.3 Å². The fraction of sp³-hybridized carbons (Fsp3) is 0.409. The Bertz CT molecular complexity index is 972. The molecule has 0 atom stereocenters. The summed E-state index contributed by atoms with van der Waals surface area (Å²) in [6.45, 7) is 6.45. The molecule has 2 aromatic rings. The van der Waals surface area contributed by atoms with Crippen LogP contribution in [0.4, 0.5) is 5.69 Å². The lowest BCUT2D eigenvalue weighted by molar-refractivity contribution is 0.0600. The number of hydrogen-bond donors (Lipinski definition) is 1. The van der Waals surface area contributed by atoms with E-state index in [1.807, 2.05) is 30.3 Å². The number of ether oxygens (including phenoxy) is 1. The van der Waals surface area contributed by atoms with Crippen molar-refractivity contribution in [2.24, 2.45) is 0 Å². The minimum atomic E-state index is -3.51. The highest BCUT2D eigenvalue weighted by molar-refractivity contribution is 7.92. The van der Waals surface area contributed by atoms with E-state index in [0.29, 0.717) is 11.3 Å². The second-order valence-electron chi connectivity index (χ2n) is 7.30. The summed E-state index contributed by atoms with van der Waals surface area (Å²) in [6.07, 6.45) is 0. The molecule has 1 aliphatic rings. The minimum absolute atomic E-state index is 0.00822. The van der Waals surface area contributed by atoms with Gasteiger partial charge in [-0.25, -0.2) is 13.2 Å². The molecule has 0 radical (unpaired) electrons. The number of anilines is 1. The monoisotopic (exact) mass is 431 g/mol. The van der Waals surface area contributed by atoms with Crippen LogP contribution in [0, 0.1) is 0 Å². The standard InChI is InChI=1S/C22H29N3O4S/c1-3-30(27,28)25(17-18-6-4-8-20(14-18)22(26)29-2)21-9-5-7-19(15-21)16-24-12-10-23-11-13-24/h4-9,14-15,23H,3,10-13,16-17H2,1-2H3. The summed E-state index contributed by atoms with van der Waals surface area (Å²) in [7, 11) is -2.18. The number of piperazine rings is 1. The number of esters is 1. The molecule has 0 spiro atoms. The number of methoxy groups -OCH3 is 1. The Hall–Kier alpha value is -2.42. The molecule has 1 saturated heterocycles. The minimum Gasteiger partial charge on any atom is -0.465 e. The molecule has 1 heterocycles. The third-order valence-electron chi connectivity index (χ3n) is 5.19. The summed E-state index contributed by atoms with van der Waals surface area (Å²) in [5.41, 5.74) is 2.83. The van der Waals surface area contributed by atoms with Gasteiger partial charge >= 0.3 is 5.97 Å². The summed E-state index contributed by atoms with van der Waals surface area (Å²) >= 11 is 0. The summed E-state index contributed by atoms with van der Waals surface area (Å²) in [5, 5.41) is 3.34. The summed E-state index contributed by atoms with van der Waals surface area (Å²) in [5.74, 6) is -0.453. The third kappa shape index (κ3) is 5.59. The predicted octanol–water partition coefficient (Wildman–Crippen LogP) is 2.23. The molecule has 0 saturated carbocycles. The first kappa shape index (κ1) is 22.3. The SMILES string of the molecule is CCS(=O)(=O)N(Cc1cccc(C(=O)OC)c1)c1cccc(CN2CCNCC2)c1. The van der Waals surface area contributed by atoms with Gasteiger partial charge in [0.15, 0.2) is 0 Å². The molecule has 1 fully saturated rings. The van der Waals surface area contributed by atoms with E-state index in [-0.39, 0.29) is 12.3 Å². The second kappa shape index (κ2) is 10.1. The summed E-state index contributed by atoms with van der Waals surface area (Å²) in [6, 6.07) is 14.6. The van der Waals surface area contributed by atoms with Crippen molar-refractivity contribution in [1.82, 2.24) is 10.2 Å². The van der Waals surface area contributed by atoms with Crippen LogP contribution in [0.15, 0.2) is 48.5 Å². The number of carbonyl (C=O) groups excluding carboxylic acids is 1. The average molecular weight is 432 g/mol. The molecule has 0 amide bonds. The van der Waals surface area contributed by atoms with Crippen LogP contribution in [0.25, 0.3) is 0 Å². The zero-order valence-corrected chi connectivity index (χ0v) is 18.3. The highest BCUT2D eigenvalue weighted by atomic mass is 32.2. The van der Waals surface area contributed by atoms with E-state index in [0.717, 1.165) is 43.9 Å². The molecule has 0 aliphatic carbocycles. The van der Waals surface area contributed by atoms with E-state index >= 15 is 0 Å². The molecule has 3 rings (SSSR count). The van der Waals surface area contributed by atoms with E-state index in [9.17, 15) is 13.2 Å². The van der Waals surface area contributed by atoms with Crippen molar-refractivity contribution in [3.63, 3.8) is 0 Å². The molecule has 1 N–H and O–H groups in total. The van der Waals surface area contributed by atoms with Crippen molar-refractivity contribution in [2.45, 2.75) is 20.0 Å². The van der Waals surface area contributed by atoms with Gasteiger partial charge < -0.3 is 10.1 Å². The molecule has 8 heteroatoms. The maximum absolute atomic E-state index is 12.9. The van der Waals surface area contributed by atoms with E-state index in [4.69, 9.17) is 4.74 Å². The number of carbonyl (C=O) groups is 1. The lowest BCUT2D eigenvalue weighted by Gasteiger charge is -2.28. The second-order valence-corrected chi connectivity index (χ2v) is 9.48. The summed E-state index contributed by atoms with van der Waals surface area (Å²) < 4.78 is 32.0. The molecule has 30 heavy (non-hydrogen) atoms. The first-order valence-electron chi connectivity index (χ1n) is 10.1. The van der Waals surface area contributed by atoms with E-state index in [1.165, 1.54) is 11.4 Å². The maximum atomic E-state index is 12.9. The zero-order valence-electron chi connectivity index (χ0n) is 17.5. The number of hydrogen-bond acceptors (Lipinski definition) is 6. The van der Waals surface area contributed by atoms with Crippen LogP contribution in [0.5, 0.6) is 0 Å². The van der Waals surface area contributed by atoms with Gasteiger partial charge in [-0.3, -0.25) is 9.21 Å². The molecule has 0 aromatic heterocycles. The van der Waals surface area contributed by atoms with Gasteiger partial charge in [-0.1, -0.05) is 24.3 Å². The molecule has 1 aliphatic heterocycles. The predicted molar refractivity (Wildman–Crippen MR) is 118 cm³/mol.